The van der Waals surface area contributed by atoms with Crippen LogP contribution in [0.3, 0.4) is 0 Å². The van der Waals surface area contributed by atoms with Crippen molar-refractivity contribution < 1.29 is 14.5 Å². The van der Waals surface area contributed by atoms with Crippen LogP contribution in [0.1, 0.15) is 45.4 Å². The van der Waals surface area contributed by atoms with Crippen LogP contribution in [0.15, 0.2) is 0 Å². The van der Waals surface area contributed by atoms with Gasteiger partial charge in [-0.3, -0.25) is 9.59 Å². The Bertz CT molecular complexity index is 475. The quantitative estimate of drug-likeness (QED) is 0.505. The SMILES string of the molecule is CC(=O)c1c(C)[nH]c(C(=O)NCCC[NH+](C)C)c1C. The third kappa shape index (κ3) is 3.92. The minimum atomic E-state index is -0.137. The number of rotatable bonds is 6. The monoisotopic (exact) mass is 266 g/mol. The van der Waals surface area contributed by atoms with Gasteiger partial charge in [-0.1, -0.05) is 0 Å². The van der Waals surface area contributed by atoms with Gasteiger partial charge in [0.15, 0.2) is 5.78 Å². The molecule has 0 saturated carbocycles. The van der Waals surface area contributed by atoms with Crippen LogP contribution < -0.4 is 10.2 Å². The van der Waals surface area contributed by atoms with Gasteiger partial charge in [-0.05, 0) is 26.3 Å². The Balaban J connectivity index is 2.68. The molecule has 5 nitrogen and oxygen atoms in total. The molecule has 5 heteroatoms. The van der Waals surface area contributed by atoms with Gasteiger partial charge in [0.05, 0.1) is 20.6 Å². The number of amides is 1. The van der Waals surface area contributed by atoms with Crippen molar-refractivity contribution in [3.05, 3.63) is 22.5 Å². The topological polar surface area (TPSA) is 66.4 Å². The molecule has 0 fully saturated rings. The van der Waals surface area contributed by atoms with E-state index in [2.05, 4.69) is 24.4 Å². The molecular weight excluding hydrogens is 242 g/mol. The second-order valence-electron chi connectivity index (χ2n) is 5.25. The summed E-state index contributed by atoms with van der Waals surface area (Å²) in [4.78, 5) is 27.9. The van der Waals surface area contributed by atoms with Crippen molar-refractivity contribution in [2.24, 2.45) is 0 Å². The van der Waals surface area contributed by atoms with E-state index in [4.69, 9.17) is 0 Å². The van der Waals surface area contributed by atoms with E-state index < -0.39 is 0 Å². The summed E-state index contributed by atoms with van der Waals surface area (Å²) in [5, 5.41) is 2.88. The molecule has 1 rings (SSSR count). The van der Waals surface area contributed by atoms with Crippen LogP contribution in [-0.4, -0.2) is 43.9 Å². The predicted octanol–water partition coefficient (Wildman–Crippen LogP) is 0.0985. The van der Waals surface area contributed by atoms with Crippen molar-refractivity contribution in [3.63, 3.8) is 0 Å². The average molecular weight is 266 g/mol. The third-order valence-corrected chi connectivity index (χ3v) is 3.16. The van der Waals surface area contributed by atoms with Gasteiger partial charge in [-0.25, -0.2) is 0 Å². The number of H-pyrrole nitrogens is 1. The van der Waals surface area contributed by atoms with E-state index in [-0.39, 0.29) is 11.7 Å². The lowest BCUT2D eigenvalue weighted by Crippen LogP contribution is -3.05. The molecule has 1 aromatic heterocycles. The van der Waals surface area contributed by atoms with Gasteiger partial charge in [0.25, 0.3) is 5.91 Å². The zero-order valence-corrected chi connectivity index (χ0v) is 12.4. The van der Waals surface area contributed by atoms with Crippen LogP contribution >= 0.6 is 0 Å². The number of aryl methyl sites for hydroxylation is 1. The lowest BCUT2D eigenvalue weighted by atomic mass is 10.1. The van der Waals surface area contributed by atoms with Gasteiger partial charge in [0, 0.05) is 24.2 Å². The summed E-state index contributed by atoms with van der Waals surface area (Å²) in [5.74, 6) is -0.150. The van der Waals surface area contributed by atoms with Crippen molar-refractivity contribution in [2.75, 3.05) is 27.2 Å². The Morgan fingerprint density at radius 2 is 1.89 bits per heavy atom. The van der Waals surface area contributed by atoms with E-state index in [1.807, 2.05) is 6.92 Å². The van der Waals surface area contributed by atoms with Crippen LogP contribution in [0.5, 0.6) is 0 Å². The van der Waals surface area contributed by atoms with Crippen molar-refractivity contribution in [3.8, 4) is 0 Å². The Morgan fingerprint density at radius 1 is 1.26 bits per heavy atom. The first kappa shape index (κ1) is 15.4. The smallest absolute Gasteiger partial charge is 0.268 e. The summed E-state index contributed by atoms with van der Waals surface area (Å²) in [5.41, 5.74) is 2.62. The van der Waals surface area contributed by atoms with E-state index in [9.17, 15) is 9.59 Å². The summed E-state index contributed by atoms with van der Waals surface area (Å²) in [7, 11) is 4.17. The van der Waals surface area contributed by atoms with E-state index in [0.29, 0.717) is 17.8 Å². The number of hydrogen-bond donors (Lipinski definition) is 3. The fourth-order valence-electron chi connectivity index (χ4n) is 2.24. The third-order valence-electron chi connectivity index (χ3n) is 3.16. The normalized spacial score (nSPS) is 10.8. The van der Waals surface area contributed by atoms with Crippen LogP contribution in [0.25, 0.3) is 0 Å². The summed E-state index contributed by atoms with van der Waals surface area (Å²) in [6.45, 7) is 6.80. The fraction of sp³-hybridized carbons (Fsp3) is 0.571. The largest absolute Gasteiger partial charge is 0.354 e. The molecule has 0 unspecified atom stereocenters. The van der Waals surface area contributed by atoms with Crippen molar-refractivity contribution in [2.45, 2.75) is 27.2 Å². The number of aromatic nitrogens is 1. The van der Waals surface area contributed by atoms with E-state index in [1.54, 1.807) is 6.92 Å². The lowest BCUT2D eigenvalue weighted by Gasteiger charge is -2.08. The molecule has 19 heavy (non-hydrogen) atoms. The van der Waals surface area contributed by atoms with Crippen LogP contribution in [0, 0.1) is 13.8 Å². The molecule has 1 heterocycles. The van der Waals surface area contributed by atoms with Gasteiger partial charge in [0.2, 0.25) is 0 Å². The molecule has 0 aliphatic heterocycles. The Morgan fingerprint density at radius 3 is 2.37 bits per heavy atom. The lowest BCUT2D eigenvalue weighted by molar-refractivity contribution is -0.858. The van der Waals surface area contributed by atoms with Crippen molar-refractivity contribution in [1.29, 1.82) is 0 Å². The highest BCUT2D eigenvalue weighted by molar-refractivity contribution is 6.02. The first-order valence-electron chi connectivity index (χ1n) is 6.62. The Hall–Kier alpha value is -1.62. The Labute approximate surface area is 114 Å². The van der Waals surface area contributed by atoms with Crippen LogP contribution in [-0.2, 0) is 0 Å². The minimum Gasteiger partial charge on any atom is -0.354 e. The minimum absolute atomic E-state index is 0.0125. The predicted molar refractivity (Wildman–Crippen MR) is 74.9 cm³/mol. The van der Waals surface area contributed by atoms with Gasteiger partial charge in [-0.15, -0.1) is 0 Å². The molecule has 0 atom stereocenters. The van der Waals surface area contributed by atoms with Crippen molar-refractivity contribution in [1.82, 2.24) is 10.3 Å². The van der Waals surface area contributed by atoms with Gasteiger partial charge >= 0.3 is 0 Å². The van der Waals surface area contributed by atoms with Crippen LogP contribution in [0.2, 0.25) is 0 Å². The number of Topliss-reactive ketones (excluding diaryl/α,β-unsaturated/α-hetero) is 1. The molecule has 1 amide bonds. The van der Waals surface area contributed by atoms with Crippen LogP contribution in [0.4, 0.5) is 0 Å². The second-order valence-corrected chi connectivity index (χ2v) is 5.25. The molecule has 0 bridgehead atoms. The summed E-state index contributed by atoms with van der Waals surface area (Å²) < 4.78 is 0. The number of hydrogen-bond acceptors (Lipinski definition) is 2. The zero-order chi connectivity index (χ0) is 14.6. The maximum absolute atomic E-state index is 12.0. The van der Waals surface area contributed by atoms with E-state index in [0.717, 1.165) is 24.2 Å². The zero-order valence-electron chi connectivity index (χ0n) is 12.4. The summed E-state index contributed by atoms with van der Waals surface area (Å²) in [6, 6.07) is 0. The number of carbonyl (C=O) groups is 2. The fourth-order valence-corrected chi connectivity index (χ4v) is 2.24. The maximum atomic E-state index is 12.0. The standard InChI is InChI=1S/C14H23N3O2/c1-9-12(11(3)18)10(2)16-13(9)14(19)15-7-6-8-17(4)5/h16H,6-8H2,1-5H3,(H,15,19)/p+1. The van der Waals surface area contributed by atoms with E-state index in [1.165, 1.54) is 11.8 Å². The molecule has 0 spiro atoms. The first-order valence-corrected chi connectivity index (χ1v) is 6.62. The number of aromatic amines is 1. The molecule has 0 saturated heterocycles. The molecule has 1 aromatic rings. The molecule has 0 radical (unpaired) electrons. The first-order chi connectivity index (χ1) is 8.84. The molecule has 3 N–H and O–H groups in total. The number of nitrogens with one attached hydrogen (secondary N) is 3. The molecular formula is C14H24N3O2+. The molecule has 106 valence electrons. The number of quaternary nitrogens is 1. The maximum Gasteiger partial charge on any atom is 0.268 e. The highest BCUT2D eigenvalue weighted by atomic mass is 16.2. The number of ketones is 1. The molecule has 0 aromatic carbocycles. The summed E-state index contributed by atoms with van der Waals surface area (Å²) in [6.07, 6.45) is 0.937. The van der Waals surface area contributed by atoms with Gasteiger partial charge in [-0.2, -0.15) is 0 Å². The van der Waals surface area contributed by atoms with E-state index >= 15 is 0 Å². The average Bonchev–Trinajstić information content (AvgIpc) is 2.59. The van der Waals surface area contributed by atoms with Gasteiger partial charge < -0.3 is 15.2 Å². The van der Waals surface area contributed by atoms with Crippen molar-refractivity contribution >= 4 is 11.7 Å². The molecule has 0 aliphatic rings. The highest BCUT2D eigenvalue weighted by Crippen LogP contribution is 2.18. The number of carbonyl (C=O) groups excluding carboxylic acids is 2. The van der Waals surface area contributed by atoms with Gasteiger partial charge in [0.1, 0.15) is 5.69 Å². The Kier molecular flexibility index (Phi) is 5.30. The summed E-state index contributed by atoms with van der Waals surface area (Å²) >= 11 is 0. The second kappa shape index (κ2) is 6.52. The molecule has 0 aliphatic carbocycles. The highest BCUT2D eigenvalue weighted by Gasteiger charge is 2.19.